The highest BCUT2D eigenvalue weighted by atomic mass is 16.5. The molecule has 4 rings (SSSR count). The van der Waals surface area contributed by atoms with Crippen LogP contribution in [0, 0.1) is 0 Å². The molecule has 108 valence electrons. The number of hydrogen-bond donors (Lipinski definition) is 1. The van der Waals surface area contributed by atoms with Crippen LogP contribution in [-0.2, 0) is 24.0 Å². The molecule has 0 bridgehead atoms. The van der Waals surface area contributed by atoms with Gasteiger partial charge in [-0.3, -0.25) is 0 Å². The van der Waals surface area contributed by atoms with Crippen LogP contribution in [0.1, 0.15) is 34.8 Å². The van der Waals surface area contributed by atoms with E-state index in [0.29, 0.717) is 6.42 Å². The monoisotopic (exact) mass is 280 g/mol. The zero-order valence-corrected chi connectivity index (χ0v) is 12.1. The number of benzene rings is 2. The summed E-state index contributed by atoms with van der Waals surface area (Å²) in [6, 6.07) is 16.8. The molecule has 2 heteroatoms. The van der Waals surface area contributed by atoms with E-state index in [0.717, 1.165) is 25.9 Å². The Kier molecular flexibility index (Phi) is 3.09. The molecule has 0 saturated heterocycles. The third kappa shape index (κ3) is 2.39. The van der Waals surface area contributed by atoms with Gasteiger partial charge in [0.2, 0.25) is 0 Å². The maximum atomic E-state index is 11.0. The molecule has 0 fully saturated rings. The highest BCUT2D eigenvalue weighted by molar-refractivity contribution is 5.36. The second-order valence-corrected chi connectivity index (χ2v) is 6.36. The molecule has 2 nitrogen and oxygen atoms in total. The first-order valence-electron chi connectivity index (χ1n) is 7.72. The highest BCUT2D eigenvalue weighted by Crippen LogP contribution is 2.39. The fraction of sp³-hybridized carbons (Fsp3) is 0.368. The van der Waals surface area contributed by atoms with Crippen LogP contribution in [0.25, 0.3) is 0 Å². The van der Waals surface area contributed by atoms with Crippen molar-refractivity contribution in [3.8, 4) is 0 Å². The van der Waals surface area contributed by atoms with Gasteiger partial charge in [0.1, 0.15) is 0 Å². The average molecular weight is 280 g/mol. The Labute approximate surface area is 125 Å². The van der Waals surface area contributed by atoms with E-state index in [1.807, 2.05) is 0 Å². The standard InChI is InChI=1S/C19H20O2/c20-19(11-15-6-1-2-7-16(15)12-19)13-18-17-8-4-3-5-14(17)9-10-21-18/h1-8,18,20H,9-13H2. The van der Waals surface area contributed by atoms with Gasteiger partial charge in [0.05, 0.1) is 18.3 Å². The molecule has 21 heavy (non-hydrogen) atoms. The van der Waals surface area contributed by atoms with Crippen LogP contribution < -0.4 is 0 Å². The summed E-state index contributed by atoms with van der Waals surface area (Å²) in [4.78, 5) is 0. The van der Waals surface area contributed by atoms with Crippen LogP contribution >= 0.6 is 0 Å². The minimum atomic E-state index is -0.668. The lowest BCUT2D eigenvalue weighted by atomic mass is 9.87. The Hall–Kier alpha value is -1.64. The Balaban J connectivity index is 1.58. The fourth-order valence-electron chi connectivity index (χ4n) is 3.81. The molecule has 0 aromatic heterocycles. The molecule has 1 heterocycles. The Morgan fingerprint density at radius 1 is 0.952 bits per heavy atom. The lowest BCUT2D eigenvalue weighted by Crippen LogP contribution is -2.33. The zero-order valence-electron chi connectivity index (χ0n) is 12.1. The minimum Gasteiger partial charge on any atom is -0.389 e. The molecule has 2 aliphatic rings. The predicted octanol–water partition coefficient (Wildman–Crippen LogP) is 3.22. The van der Waals surface area contributed by atoms with Crippen LogP contribution in [-0.4, -0.2) is 17.3 Å². The number of ether oxygens (including phenoxy) is 1. The summed E-state index contributed by atoms with van der Waals surface area (Å²) in [6.45, 7) is 0.755. The summed E-state index contributed by atoms with van der Waals surface area (Å²) in [5, 5.41) is 11.0. The van der Waals surface area contributed by atoms with Crippen molar-refractivity contribution in [3.63, 3.8) is 0 Å². The van der Waals surface area contributed by atoms with Gasteiger partial charge in [-0.25, -0.2) is 0 Å². The van der Waals surface area contributed by atoms with E-state index < -0.39 is 5.60 Å². The van der Waals surface area contributed by atoms with Gasteiger partial charge in [0.25, 0.3) is 0 Å². The molecular weight excluding hydrogens is 260 g/mol. The molecule has 1 aliphatic heterocycles. The van der Waals surface area contributed by atoms with Crippen LogP contribution in [0.4, 0.5) is 0 Å². The van der Waals surface area contributed by atoms with Crippen molar-refractivity contribution >= 4 is 0 Å². The van der Waals surface area contributed by atoms with E-state index in [-0.39, 0.29) is 6.10 Å². The number of aliphatic hydroxyl groups is 1. The van der Waals surface area contributed by atoms with Gasteiger partial charge in [0, 0.05) is 19.3 Å². The summed E-state index contributed by atoms with van der Waals surface area (Å²) in [5.74, 6) is 0. The van der Waals surface area contributed by atoms with E-state index in [4.69, 9.17) is 4.74 Å². The maximum absolute atomic E-state index is 11.0. The van der Waals surface area contributed by atoms with Gasteiger partial charge in [-0.1, -0.05) is 48.5 Å². The van der Waals surface area contributed by atoms with Gasteiger partial charge in [-0.15, -0.1) is 0 Å². The van der Waals surface area contributed by atoms with Crippen molar-refractivity contribution in [2.24, 2.45) is 0 Å². The molecule has 0 saturated carbocycles. The Morgan fingerprint density at radius 3 is 2.29 bits per heavy atom. The van der Waals surface area contributed by atoms with Crippen LogP contribution in [0.2, 0.25) is 0 Å². The summed E-state index contributed by atoms with van der Waals surface area (Å²) in [5.41, 5.74) is 4.52. The van der Waals surface area contributed by atoms with E-state index in [2.05, 4.69) is 48.5 Å². The smallest absolute Gasteiger partial charge is 0.0855 e. The molecule has 0 amide bonds. The number of hydrogen-bond acceptors (Lipinski definition) is 2. The fourth-order valence-corrected chi connectivity index (χ4v) is 3.81. The number of rotatable bonds is 2. The molecule has 0 radical (unpaired) electrons. The molecule has 1 unspecified atom stereocenters. The van der Waals surface area contributed by atoms with Gasteiger partial charge >= 0.3 is 0 Å². The van der Waals surface area contributed by atoms with Crippen molar-refractivity contribution in [3.05, 3.63) is 70.8 Å². The SMILES string of the molecule is OC1(CC2OCCc3ccccc32)Cc2ccccc2C1. The maximum Gasteiger partial charge on any atom is 0.0855 e. The topological polar surface area (TPSA) is 29.5 Å². The molecule has 1 N–H and O–H groups in total. The van der Waals surface area contributed by atoms with Crippen molar-refractivity contribution in [1.82, 2.24) is 0 Å². The van der Waals surface area contributed by atoms with Crippen molar-refractivity contribution in [2.75, 3.05) is 6.61 Å². The summed E-state index contributed by atoms with van der Waals surface area (Å²) < 4.78 is 5.97. The first-order chi connectivity index (χ1) is 10.2. The lowest BCUT2D eigenvalue weighted by Gasteiger charge is -2.32. The second kappa shape index (κ2) is 4.97. The summed E-state index contributed by atoms with van der Waals surface area (Å²) in [7, 11) is 0. The Bertz CT molecular complexity index is 637. The third-order valence-corrected chi connectivity index (χ3v) is 4.82. The number of fused-ring (bicyclic) bond motifs is 2. The normalized spacial score (nSPS) is 22.6. The predicted molar refractivity (Wildman–Crippen MR) is 82.3 cm³/mol. The molecule has 2 aromatic rings. The zero-order chi connectivity index (χ0) is 14.3. The highest BCUT2D eigenvalue weighted by Gasteiger charge is 2.38. The third-order valence-electron chi connectivity index (χ3n) is 4.82. The van der Waals surface area contributed by atoms with Gasteiger partial charge in [-0.05, 0) is 28.7 Å². The van der Waals surface area contributed by atoms with Crippen LogP contribution in [0.3, 0.4) is 0 Å². The Morgan fingerprint density at radius 2 is 1.57 bits per heavy atom. The molecule has 1 aliphatic carbocycles. The summed E-state index contributed by atoms with van der Waals surface area (Å²) in [6.07, 6.45) is 3.16. The quantitative estimate of drug-likeness (QED) is 0.915. The minimum absolute atomic E-state index is 0.0225. The first-order valence-corrected chi connectivity index (χ1v) is 7.72. The van der Waals surface area contributed by atoms with E-state index >= 15 is 0 Å². The van der Waals surface area contributed by atoms with Gasteiger partial charge in [0.15, 0.2) is 0 Å². The first kappa shape index (κ1) is 13.1. The van der Waals surface area contributed by atoms with E-state index in [1.54, 1.807) is 0 Å². The molecular formula is C19H20O2. The van der Waals surface area contributed by atoms with Crippen molar-refractivity contribution in [2.45, 2.75) is 37.4 Å². The lowest BCUT2D eigenvalue weighted by molar-refractivity contribution is -0.0407. The van der Waals surface area contributed by atoms with Gasteiger partial charge in [-0.2, -0.15) is 0 Å². The second-order valence-electron chi connectivity index (χ2n) is 6.36. The molecule has 0 spiro atoms. The van der Waals surface area contributed by atoms with Crippen LogP contribution in [0.5, 0.6) is 0 Å². The largest absolute Gasteiger partial charge is 0.389 e. The van der Waals surface area contributed by atoms with Crippen molar-refractivity contribution in [1.29, 1.82) is 0 Å². The van der Waals surface area contributed by atoms with Crippen molar-refractivity contribution < 1.29 is 9.84 Å². The molecule has 2 aromatic carbocycles. The molecule has 1 atom stereocenters. The van der Waals surface area contributed by atoms with Crippen LogP contribution in [0.15, 0.2) is 48.5 Å². The average Bonchev–Trinajstić information content (AvgIpc) is 2.83. The van der Waals surface area contributed by atoms with Gasteiger partial charge < -0.3 is 9.84 Å². The summed E-state index contributed by atoms with van der Waals surface area (Å²) >= 11 is 0. The van der Waals surface area contributed by atoms with E-state index in [1.165, 1.54) is 22.3 Å². The van der Waals surface area contributed by atoms with E-state index in [9.17, 15) is 5.11 Å².